The van der Waals surface area contributed by atoms with Crippen LogP contribution in [0.25, 0.3) is 56.1 Å². The van der Waals surface area contributed by atoms with E-state index < -0.39 is 0 Å². The zero-order chi connectivity index (χ0) is 28.4. The Bertz CT molecular complexity index is 1900. The van der Waals surface area contributed by atoms with Crippen molar-refractivity contribution in [1.82, 2.24) is 9.97 Å². The van der Waals surface area contributed by atoms with Crippen LogP contribution in [0.2, 0.25) is 0 Å². The third-order valence-corrected chi connectivity index (χ3v) is 10.4. The van der Waals surface area contributed by atoms with Crippen LogP contribution in [0.5, 0.6) is 0 Å². The number of benzene rings is 4. The van der Waals surface area contributed by atoms with Gasteiger partial charge in [-0.15, -0.1) is 0 Å². The van der Waals surface area contributed by atoms with E-state index in [1.165, 1.54) is 66.5 Å². The molecule has 2 heterocycles. The first-order valence-electron chi connectivity index (χ1n) is 15.8. The molecule has 43 heavy (non-hydrogen) atoms. The topological polar surface area (TPSA) is 38.9 Å². The first-order chi connectivity index (χ1) is 21.2. The molecule has 4 aliphatic carbocycles. The normalized spacial score (nSPS) is 24.0. The molecular formula is C40H34N2O. The Balaban J connectivity index is 1.08. The highest BCUT2D eigenvalue weighted by Crippen LogP contribution is 2.60. The Morgan fingerprint density at radius 1 is 0.512 bits per heavy atom. The van der Waals surface area contributed by atoms with E-state index >= 15 is 0 Å². The van der Waals surface area contributed by atoms with Gasteiger partial charge in [-0.25, -0.2) is 4.98 Å². The van der Waals surface area contributed by atoms with Crippen LogP contribution in [0.4, 0.5) is 0 Å². The van der Waals surface area contributed by atoms with E-state index in [4.69, 9.17) is 14.4 Å². The largest absolute Gasteiger partial charge is 0.436 e. The third-order valence-electron chi connectivity index (χ3n) is 10.4. The zero-order valence-corrected chi connectivity index (χ0v) is 24.2. The van der Waals surface area contributed by atoms with Crippen molar-refractivity contribution in [1.29, 1.82) is 0 Å². The van der Waals surface area contributed by atoms with Crippen LogP contribution >= 0.6 is 0 Å². The van der Waals surface area contributed by atoms with Gasteiger partial charge in [-0.1, -0.05) is 78.9 Å². The molecule has 3 heteroatoms. The molecule has 4 aromatic carbocycles. The van der Waals surface area contributed by atoms with Crippen molar-refractivity contribution in [3.8, 4) is 45.0 Å². The van der Waals surface area contributed by atoms with Gasteiger partial charge in [0, 0.05) is 22.2 Å². The smallest absolute Gasteiger partial charge is 0.227 e. The van der Waals surface area contributed by atoms with Crippen LogP contribution in [0.15, 0.2) is 120 Å². The van der Waals surface area contributed by atoms with Crippen molar-refractivity contribution in [2.45, 2.75) is 43.9 Å². The molecule has 0 unspecified atom stereocenters. The maximum absolute atomic E-state index is 6.05. The third kappa shape index (κ3) is 4.41. The molecule has 4 saturated carbocycles. The molecule has 0 amide bonds. The van der Waals surface area contributed by atoms with Crippen LogP contribution < -0.4 is 0 Å². The number of pyridine rings is 1. The summed E-state index contributed by atoms with van der Waals surface area (Å²) in [7, 11) is 0. The predicted octanol–water partition coefficient (Wildman–Crippen LogP) is 10.4. The van der Waals surface area contributed by atoms with Gasteiger partial charge >= 0.3 is 0 Å². The summed E-state index contributed by atoms with van der Waals surface area (Å²) in [5.74, 6) is 3.33. The van der Waals surface area contributed by atoms with E-state index in [9.17, 15) is 0 Å². The summed E-state index contributed by atoms with van der Waals surface area (Å²) in [5.41, 5.74) is 11.4. The molecular weight excluding hydrogens is 524 g/mol. The summed E-state index contributed by atoms with van der Waals surface area (Å²) in [5, 5.41) is 0. The van der Waals surface area contributed by atoms with E-state index in [1.807, 2.05) is 36.4 Å². The number of hydrogen-bond acceptors (Lipinski definition) is 3. The minimum atomic E-state index is 0.250. The SMILES string of the molecule is c1ccc(-c2cc(-c3ccc(-c4ccc5oc(-c6ccccc6)nc5c4)cc3)cc(C34CC5CC(CC(C5)C3)C4)n2)cc1. The van der Waals surface area contributed by atoms with Crippen LogP contribution in [0, 0.1) is 17.8 Å². The molecule has 0 saturated heterocycles. The number of fused-ring (bicyclic) bond motifs is 1. The Morgan fingerprint density at radius 3 is 1.74 bits per heavy atom. The fraction of sp³-hybridized carbons (Fsp3) is 0.250. The summed E-state index contributed by atoms with van der Waals surface area (Å²) in [4.78, 5) is 10.2. The summed E-state index contributed by atoms with van der Waals surface area (Å²) in [6.07, 6.45) is 8.29. The quantitative estimate of drug-likeness (QED) is 0.211. The van der Waals surface area contributed by atoms with E-state index in [0.717, 1.165) is 45.7 Å². The lowest BCUT2D eigenvalue weighted by molar-refractivity contribution is -0.00712. The van der Waals surface area contributed by atoms with Crippen LogP contribution in [0.3, 0.4) is 0 Å². The van der Waals surface area contributed by atoms with Crippen molar-refractivity contribution >= 4 is 11.1 Å². The zero-order valence-electron chi connectivity index (χ0n) is 24.2. The number of aromatic nitrogens is 2. The van der Waals surface area contributed by atoms with Crippen molar-refractivity contribution < 1.29 is 4.42 Å². The van der Waals surface area contributed by atoms with Gasteiger partial charge in [0.1, 0.15) is 5.52 Å². The Morgan fingerprint density at radius 2 is 1.09 bits per heavy atom. The lowest BCUT2D eigenvalue weighted by atomic mass is 9.48. The summed E-state index contributed by atoms with van der Waals surface area (Å²) in [6, 6.07) is 40.8. The van der Waals surface area contributed by atoms with Gasteiger partial charge in [-0.2, -0.15) is 0 Å². The first kappa shape index (κ1) is 25.0. The molecule has 210 valence electrons. The second kappa shape index (κ2) is 9.77. The number of oxazole rings is 1. The average molecular weight is 559 g/mol. The highest BCUT2D eigenvalue weighted by molar-refractivity contribution is 5.83. The summed E-state index contributed by atoms with van der Waals surface area (Å²) < 4.78 is 6.05. The Hall–Kier alpha value is -4.50. The molecule has 10 rings (SSSR count). The van der Waals surface area contributed by atoms with Crippen LogP contribution in [-0.4, -0.2) is 9.97 Å². The lowest BCUT2D eigenvalue weighted by Gasteiger charge is -2.56. The van der Waals surface area contributed by atoms with Gasteiger partial charge in [0.25, 0.3) is 0 Å². The summed E-state index contributed by atoms with van der Waals surface area (Å²) in [6.45, 7) is 0. The van der Waals surface area contributed by atoms with Gasteiger partial charge in [0.15, 0.2) is 5.58 Å². The van der Waals surface area contributed by atoms with E-state index in [1.54, 1.807) is 0 Å². The van der Waals surface area contributed by atoms with Gasteiger partial charge in [0.2, 0.25) is 5.89 Å². The number of hydrogen-bond donors (Lipinski definition) is 0. The van der Waals surface area contributed by atoms with E-state index in [0.29, 0.717) is 5.89 Å². The minimum absolute atomic E-state index is 0.250. The van der Waals surface area contributed by atoms with Crippen LogP contribution in [0.1, 0.15) is 44.2 Å². The van der Waals surface area contributed by atoms with E-state index in [2.05, 4.69) is 78.9 Å². The molecule has 4 bridgehead atoms. The molecule has 0 atom stereocenters. The molecule has 4 fully saturated rings. The van der Waals surface area contributed by atoms with Gasteiger partial charge in [-0.3, -0.25) is 4.98 Å². The fourth-order valence-corrected chi connectivity index (χ4v) is 8.82. The average Bonchev–Trinajstić information content (AvgIpc) is 3.49. The number of rotatable bonds is 5. The highest BCUT2D eigenvalue weighted by atomic mass is 16.3. The molecule has 0 radical (unpaired) electrons. The van der Waals surface area contributed by atoms with Gasteiger partial charge < -0.3 is 4.42 Å². The monoisotopic (exact) mass is 558 g/mol. The minimum Gasteiger partial charge on any atom is -0.436 e. The second-order valence-corrected chi connectivity index (χ2v) is 13.3. The predicted molar refractivity (Wildman–Crippen MR) is 173 cm³/mol. The van der Waals surface area contributed by atoms with E-state index in [-0.39, 0.29) is 5.41 Å². The van der Waals surface area contributed by atoms with Crippen molar-refractivity contribution in [2.24, 2.45) is 17.8 Å². The van der Waals surface area contributed by atoms with Crippen molar-refractivity contribution in [3.63, 3.8) is 0 Å². The Labute approximate surface area is 252 Å². The molecule has 0 aliphatic heterocycles. The molecule has 6 aromatic rings. The fourth-order valence-electron chi connectivity index (χ4n) is 8.82. The standard InChI is InChI=1S/C40H34N2O/c1-3-7-31(8-4-1)35-21-34(22-38(41-35)40-23-26-17-27(24-40)19-28(18-26)25-40)30-13-11-29(12-14-30)33-15-16-37-36(20-33)42-39(43-37)32-9-5-2-6-10-32/h1-16,20-22,26-28H,17-19,23-25H2. The second-order valence-electron chi connectivity index (χ2n) is 13.3. The highest BCUT2D eigenvalue weighted by Gasteiger charge is 2.52. The van der Waals surface area contributed by atoms with Crippen molar-refractivity contribution in [3.05, 3.63) is 121 Å². The lowest BCUT2D eigenvalue weighted by Crippen LogP contribution is -2.49. The van der Waals surface area contributed by atoms with Crippen LogP contribution in [-0.2, 0) is 5.41 Å². The summed E-state index contributed by atoms with van der Waals surface area (Å²) >= 11 is 0. The molecule has 4 aliphatic rings. The number of nitrogens with zero attached hydrogens (tertiary/aromatic N) is 2. The van der Waals surface area contributed by atoms with Crippen molar-refractivity contribution in [2.75, 3.05) is 0 Å². The Kier molecular flexibility index (Phi) is 5.69. The molecule has 2 aromatic heterocycles. The molecule has 3 nitrogen and oxygen atoms in total. The maximum atomic E-state index is 6.05. The maximum Gasteiger partial charge on any atom is 0.227 e. The van der Waals surface area contributed by atoms with Gasteiger partial charge in [-0.05, 0) is 115 Å². The molecule has 0 N–H and O–H groups in total. The van der Waals surface area contributed by atoms with Gasteiger partial charge in [0.05, 0.1) is 5.69 Å². The first-order valence-corrected chi connectivity index (χ1v) is 15.8. The molecule has 0 spiro atoms.